The first kappa shape index (κ1) is 18.2. The molecular weight excluding hydrogens is 318 g/mol. The average Bonchev–Trinajstić information content (AvgIpc) is 2.62. The summed E-state index contributed by atoms with van der Waals surface area (Å²) < 4.78 is 0. The minimum absolute atomic E-state index is 0.249. The highest BCUT2D eigenvalue weighted by Gasteiger charge is 2.20. The van der Waals surface area contributed by atoms with Gasteiger partial charge in [0.2, 0.25) is 0 Å². The first-order valence-corrected chi connectivity index (χ1v) is 8.01. The van der Waals surface area contributed by atoms with Crippen molar-refractivity contribution in [2.24, 2.45) is 0 Å². The number of amides is 3. The minimum Gasteiger partial charge on any atom is -0.399 e. The third-order valence-electron chi connectivity index (χ3n) is 3.84. The molecule has 4 N–H and O–H groups in total. The number of rotatable bonds is 4. The summed E-state index contributed by atoms with van der Waals surface area (Å²) >= 11 is 0. The summed E-state index contributed by atoms with van der Waals surface area (Å²) in [4.78, 5) is 35.8. The molecule has 130 valence electrons. The van der Waals surface area contributed by atoms with Gasteiger partial charge in [0.25, 0.3) is 5.91 Å². The monoisotopic (exact) mass is 339 g/mol. The van der Waals surface area contributed by atoms with E-state index in [1.165, 1.54) is 17.7 Å². The largest absolute Gasteiger partial charge is 0.399 e. The van der Waals surface area contributed by atoms with Gasteiger partial charge in [-0.05, 0) is 48.7 Å². The Morgan fingerprint density at radius 3 is 2.12 bits per heavy atom. The molecule has 0 heterocycles. The fourth-order valence-corrected chi connectivity index (χ4v) is 2.25. The van der Waals surface area contributed by atoms with Crippen LogP contribution in [0.2, 0.25) is 0 Å². The summed E-state index contributed by atoms with van der Waals surface area (Å²) in [5, 5.41) is 4.64. The smallest absolute Gasteiger partial charge is 0.316 e. The second kappa shape index (κ2) is 8.10. The Kier molecular flexibility index (Phi) is 5.89. The van der Waals surface area contributed by atoms with Gasteiger partial charge in [-0.25, -0.2) is 0 Å². The predicted octanol–water partition coefficient (Wildman–Crippen LogP) is 1.96. The third kappa shape index (κ3) is 4.91. The Bertz CT molecular complexity index is 768. The van der Waals surface area contributed by atoms with E-state index in [0.29, 0.717) is 5.69 Å². The van der Waals surface area contributed by atoms with Crippen LogP contribution in [0.25, 0.3) is 0 Å². The lowest BCUT2D eigenvalue weighted by Crippen LogP contribution is -2.43. The van der Waals surface area contributed by atoms with E-state index in [1.54, 1.807) is 19.1 Å². The second-order valence-corrected chi connectivity index (χ2v) is 5.70. The van der Waals surface area contributed by atoms with Crippen LogP contribution >= 0.6 is 0 Å². The van der Waals surface area contributed by atoms with Crippen LogP contribution in [-0.4, -0.2) is 17.7 Å². The maximum atomic E-state index is 12.0. The molecule has 2 aromatic carbocycles. The van der Waals surface area contributed by atoms with Gasteiger partial charge in [0, 0.05) is 11.3 Å². The number of aryl methyl sites for hydroxylation is 1. The molecule has 0 aromatic heterocycles. The van der Waals surface area contributed by atoms with Gasteiger partial charge in [-0.1, -0.05) is 31.2 Å². The summed E-state index contributed by atoms with van der Waals surface area (Å²) in [5.41, 5.74) is 8.36. The number of nitrogen functional groups attached to an aromatic ring is 1. The Hall–Kier alpha value is -3.15. The molecule has 0 radical (unpaired) electrons. The number of anilines is 1. The molecule has 25 heavy (non-hydrogen) atoms. The fourth-order valence-electron chi connectivity index (χ4n) is 2.25. The van der Waals surface area contributed by atoms with E-state index >= 15 is 0 Å². The molecule has 0 saturated heterocycles. The van der Waals surface area contributed by atoms with Crippen molar-refractivity contribution in [1.82, 2.24) is 10.6 Å². The van der Waals surface area contributed by atoms with E-state index in [0.717, 1.165) is 12.0 Å². The zero-order valence-corrected chi connectivity index (χ0v) is 14.2. The molecule has 0 bridgehead atoms. The summed E-state index contributed by atoms with van der Waals surface area (Å²) in [5.74, 6) is -2.52. The molecule has 1 atom stereocenters. The highest BCUT2D eigenvalue weighted by Crippen LogP contribution is 2.13. The Morgan fingerprint density at radius 2 is 1.56 bits per heavy atom. The van der Waals surface area contributed by atoms with Crippen molar-refractivity contribution in [3.8, 4) is 0 Å². The highest BCUT2D eigenvalue weighted by molar-refractivity contribution is 6.38. The van der Waals surface area contributed by atoms with Crippen molar-refractivity contribution in [1.29, 1.82) is 0 Å². The highest BCUT2D eigenvalue weighted by atomic mass is 16.2. The maximum Gasteiger partial charge on any atom is 0.316 e. The Labute approximate surface area is 146 Å². The lowest BCUT2D eigenvalue weighted by molar-refractivity contribution is -0.139. The fraction of sp³-hybridized carbons (Fsp3) is 0.211. The first-order valence-electron chi connectivity index (χ1n) is 8.01. The first-order chi connectivity index (χ1) is 11.9. The molecule has 6 heteroatoms. The number of hydrogen-bond acceptors (Lipinski definition) is 4. The lowest BCUT2D eigenvalue weighted by atomic mass is 10.1. The van der Waals surface area contributed by atoms with E-state index in [4.69, 9.17) is 5.73 Å². The molecule has 3 amide bonds. The summed E-state index contributed by atoms with van der Waals surface area (Å²) in [6, 6.07) is 13.5. The van der Waals surface area contributed by atoms with Gasteiger partial charge in [-0.15, -0.1) is 0 Å². The molecule has 0 saturated carbocycles. The molecular formula is C19H21N3O3. The normalized spacial score (nSPS) is 11.4. The van der Waals surface area contributed by atoms with Crippen molar-refractivity contribution in [2.75, 3.05) is 5.73 Å². The molecule has 1 unspecified atom stereocenters. The average molecular weight is 339 g/mol. The van der Waals surface area contributed by atoms with E-state index in [-0.39, 0.29) is 11.6 Å². The van der Waals surface area contributed by atoms with Crippen LogP contribution in [0.1, 0.15) is 41.4 Å². The van der Waals surface area contributed by atoms with E-state index in [2.05, 4.69) is 17.6 Å². The van der Waals surface area contributed by atoms with Gasteiger partial charge in [-0.3, -0.25) is 19.7 Å². The number of benzene rings is 2. The SMILES string of the molecule is CCc1ccc(C(C)NC(=O)C(=O)NC(=O)c2ccc(N)cc2)cc1. The second-order valence-electron chi connectivity index (χ2n) is 5.70. The standard InChI is InChI=1S/C19H21N3O3/c1-3-13-4-6-14(7-5-13)12(2)21-18(24)19(25)22-17(23)15-8-10-16(20)11-9-15/h4-12H,3,20H2,1-2H3,(H,21,24)(H,22,23,25). The summed E-state index contributed by atoms with van der Waals surface area (Å²) in [6.07, 6.45) is 0.927. The van der Waals surface area contributed by atoms with Crippen molar-refractivity contribution >= 4 is 23.4 Å². The molecule has 6 nitrogen and oxygen atoms in total. The van der Waals surface area contributed by atoms with Crippen molar-refractivity contribution < 1.29 is 14.4 Å². The van der Waals surface area contributed by atoms with Crippen LogP contribution in [-0.2, 0) is 16.0 Å². The molecule has 2 aromatic rings. The van der Waals surface area contributed by atoms with Crippen LogP contribution in [0, 0.1) is 0 Å². The molecule has 0 aliphatic heterocycles. The summed E-state index contributed by atoms with van der Waals surface area (Å²) in [7, 11) is 0. The van der Waals surface area contributed by atoms with Gasteiger partial charge in [0.15, 0.2) is 0 Å². The molecule has 0 aliphatic rings. The molecule has 0 fully saturated rings. The number of nitrogens with one attached hydrogen (secondary N) is 2. The van der Waals surface area contributed by atoms with Gasteiger partial charge >= 0.3 is 11.8 Å². The van der Waals surface area contributed by atoms with Gasteiger partial charge < -0.3 is 11.1 Å². The maximum absolute atomic E-state index is 12.0. The van der Waals surface area contributed by atoms with Gasteiger partial charge in [0.1, 0.15) is 0 Å². The number of nitrogens with two attached hydrogens (primary N) is 1. The quantitative estimate of drug-likeness (QED) is 0.585. The van der Waals surface area contributed by atoms with Crippen molar-refractivity contribution in [2.45, 2.75) is 26.3 Å². The Balaban J connectivity index is 1.93. The predicted molar refractivity (Wildman–Crippen MR) is 95.7 cm³/mol. The summed E-state index contributed by atoms with van der Waals surface area (Å²) in [6.45, 7) is 3.83. The van der Waals surface area contributed by atoms with E-state index in [1.807, 2.05) is 24.3 Å². The van der Waals surface area contributed by atoms with Gasteiger partial charge in [0.05, 0.1) is 6.04 Å². The lowest BCUT2D eigenvalue weighted by Gasteiger charge is -2.14. The zero-order chi connectivity index (χ0) is 18.4. The number of hydrogen-bond donors (Lipinski definition) is 3. The van der Waals surface area contributed by atoms with E-state index < -0.39 is 17.7 Å². The number of imide groups is 1. The van der Waals surface area contributed by atoms with Crippen LogP contribution in [0.3, 0.4) is 0 Å². The van der Waals surface area contributed by atoms with Crippen LogP contribution < -0.4 is 16.4 Å². The third-order valence-corrected chi connectivity index (χ3v) is 3.84. The van der Waals surface area contributed by atoms with Crippen molar-refractivity contribution in [3.05, 3.63) is 65.2 Å². The van der Waals surface area contributed by atoms with Crippen LogP contribution in [0.5, 0.6) is 0 Å². The topological polar surface area (TPSA) is 101 Å². The molecule has 0 spiro atoms. The zero-order valence-electron chi connectivity index (χ0n) is 14.2. The van der Waals surface area contributed by atoms with Crippen LogP contribution in [0.15, 0.2) is 48.5 Å². The van der Waals surface area contributed by atoms with Gasteiger partial charge in [-0.2, -0.15) is 0 Å². The number of carbonyl (C=O) groups excluding carboxylic acids is 3. The van der Waals surface area contributed by atoms with E-state index in [9.17, 15) is 14.4 Å². The molecule has 0 aliphatic carbocycles. The molecule has 2 rings (SSSR count). The van der Waals surface area contributed by atoms with Crippen LogP contribution in [0.4, 0.5) is 5.69 Å². The Morgan fingerprint density at radius 1 is 0.960 bits per heavy atom. The van der Waals surface area contributed by atoms with Crippen molar-refractivity contribution in [3.63, 3.8) is 0 Å². The minimum atomic E-state index is -1.00. The number of carbonyl (C=O) groups is 3.